The van der Waals surface area contributed by atoms with Gasteiger partial charge in [-0.2, -0.15) is 0 Å². The summed E-state index contributed by atoms with van der Waals surface area (Å²) < 4.78 is 1.92. The van der Waals surface area contributed by atoms with Crippen molar-refractivity contribution < 1.29 is 9.59 Å². The van der Waals surface area contributed by atoms with Crippen LogP contribution in [0, 0.1) is 6.92 Å². The van der Waals surface area contributed by atoms with Gasteiger partial charge in [0.1, 0.15) is 0 Å². The van der Waals surface area contributed by atoms with Crippen molar-refractivity contribution in [2.45, 2.75) is 32.1 Å². The van der Waals surface area contributed by atoms with E-state index in [0.29, 0.717) is 28.7 Å². The van der Waals surface area contributed by atoms with Crippen LogP contribution in [0.4, 0.5) is 0 Å². The van der Waals surface area contributed by atoms with Crippen molar-refractivity contribution in [3.8, 4) is 0 Å². The highest BCUT2D eigenvalue weighted by molar-refractivity contribution is 7.99. The van der Waals surface area contributed by atoms with Gasteiger partial charge in [-0.05, 0) is 26.0 Å². The van der Waals surface area contributed by atoms with Gasteiger partial charge in [-0.25, -0.2) is 0 Å². The fourth-order valence-corrected chi connectivity index (χ4v) is 3.59. The molecule has 144 valence electrons. The normalized spacial score (nSPS) is 10.6. The van der Waals surface area contributed by atoms with E-state index in [1.54, 1.807) is 24.3 Å². The van der Waals surface area contributed by atoms with E-state index in [9.17, 15) is 9.59 Å². The smallest absolute Gasteiger partial charge is 0.251 e. The Morgan fingerprint density at radius 2 is 1.71 bits per heavy atom. The molecule has 0 aliphatic heterocycles. The Morgan fingerprint density at radius 3 is 2.39 bits per heavy atom. The number of nitrogens with one attached hydrogen (secondary N) is 1. The van der Waals surface area contributed by atoms with E-state index < -0.39 is 0 Å². The van der Waals surface area contributed by atoms with Crippen LogP contribution in [0.25, 0.3) is 0 Å². The number of carbonyl (C=O) groups is 2. The second kappa shape index (κ2) is 9.32. The van der Waals surface area contributed by atoms with Gasteiger partial charge in [0, 0.05) is 17.7 Å². The molecule has 2 aromatic carbocycles. The molecule has 0 atom stereocenters. The highest BCUT2D eigenvalue weighted by Crippen LogP contribution is 2.19. The van der Waals surface area contributed by atoms with Crippen LogP contribution in [0.1, 0.15) is 39.0 Å². The third kappa shape index (κ3) is 4.86. The second-order valence-electron chi connectivity index (χ2n) is 6.27. The highest BCUT2D eigenvalue weighted by atomic mass is 32.2. The van der Waals surface area contributed by atoms with E-state index in [1.807, 2.05) is 48.7 Å². The number of rotatable bonds is 8. The Labute approximate surface area is 168 Å². The number of aromatic nitrogens is 3. The van der Waals surface area contributed by atoms with Crippen LogP contribution in [0.2, 0.25) is 0 Å². The fourth-order valence-electron chi connectivity index (χ4n) is 2.68. The summed E-state index contributed by atoms with van der Waals surface area (Å²) in [6, 6.07) is 16.6. The summed E-state index contributed by atoms with van der Waals surface area (Å²) >= 11 is 1.35. The summed E-state index contributed by atoms with van der Waals surface area (Å²) in [6.07, 6.45) is 0. The first-order valence-corrected chi connectivity index (χ1v) is 10.0. The molecule has 3 aromatic rings. The van der Waals surface area contributed by atoms with E-state index in [4.69, 9.17) is 0 Å². The second-order valence-corrected chi connectivity index (χ2v) is 7.21. The molecule has 1 heterocycles. The monoisotopic (exact) mass is 394 g/mol. The molecular weight excluding hydrogens is 372 g/mol. The molecule has 1 aromatic heterocycles. The molecule has 28 heavy (non-hydrogen) atoms. The van der Waals surface area contributed by atoms with Gasteiger partial charge in [0.05, 0.1) is 12.3 Å². The first kappa shape index (κ1) is 19.8. The Bertz CT molecular complexity index is 952. The molecule has 0 saturated heterocycles. The van der Waals surface area contributed by atoms with Gasteiger partial charge >= 0.3 is 0 Å². The number of aryl methyl sites for hydroxylation is 1. The molecule has 0 unspecified atom stereocenters. The quantitative estimate of drug-likeness (QED) is 0.467. The van der Waals surface area contributed by atoms with Gasteiger partial charge in [0.25, 0.3) is 5.91 Å². The molecule has 0 spiro atoms. The molecular formula is C21H22N4O2S. The largest absolute Gasteiger partial charge is 0.345 e. The molecule has 3 rings (SSSR count). The van der Waals surface area contributed by atoms with Crippen LogP contribution in [-0.4, -0.2) is 32.2 Å². The Hall–Kier alpha value is -2.93. The first-order valence-electron chi connectivity index (χ1n) is 9.06. The summed E-state index contributed by atoms with van der Waals surface area (Å²) in [5.41, 5.74) is 2.40. The van der Waals surface area contributed by atoms with Crippen LogP contribution < -0.4 is 5.32 Å². The lowest BCUT2D eigenvalue weighted by Gasteiger charge is -2.08. The van der Waals surface area contributed by atoms with E-state index in [0.717, 1.165) is 5.56 Å². The van der Waals surface area contributed by atoms with Crippen LogP contribution in [0.3, 0.4) is 0 Å². The van der Waals surface area contributed by atoms with Crippen molar-refractivity contribution in [3.05, 3.63) is 77.1 Å². The Balaban J connectivity index is 1.61. The first-order chi connectivity index (χ1) is 13.6. The number of hydrogen-bond acceptors (Lipinski definition) is 5. The standard InChI is InChI=1S/C21H22N4O2S/c1-3-25-19(13-22-20(27)17-11-9-15(2)10-12-17)23-24-21(25)28-14-18(26)16-7-5-4-6-8-16/h4-12H,3,13-14H2,1-2H3,(H,22,27). The highest BCUT2D eigenvalue weighted by Gasteiger charge is 2.15. The minimum absolute atomic E-state index is 0.0467. The topological polar surface area (TPSA) is 76.9 Å². The lowest BCUT2D eigenvalue weighted by Crippen LogP contribution is -2.24. The summed E-state index contributed by atoms with van der Waals surface area (Å²) in [4.78, 5) is 24.6. The average Bonchev–Trinajstić information content (AvgIpc) is 3.13. The number of hydrogen-bond donors (Lipinski definition) is 1. The Morgan fingerprint density at radius 1 is 1.00 bits per heavy atom. The number of amides is 1. The average molecular weight is 395 g/mol. The third-order valence-corrected chi connectivity index (χ3v) is 5.23. The number of Topliss-reactive ketones (excluding diaryl/α,β-unsaturated/α-hetero) is 1. The van der Waals surface area contributed by atoms with E-state index in [1.165, 1.54) is 11.8 Å². The molecule has 0 radical (unpaired) electrons. The van der Waals surface area contributed by atoms with Crippen molar-refractivity contribution in [1.82, 2.24) is 20.1 Å². The van der Waals surface area contributed by atoms with Gasteiger partial charge in [-0.15, -0.1) is 10.2 Å². The number of thioether (sulfide) groups is 1. The van der Waals surface area contributed by atoms with Crippen LogP contribution in [0.15, 0.2) is 59.8 Å². The van der Waals surface area contributed by atoms with Gasteiger partial charge in [-0.3, -0.25) is 9.59 Å². The summed E-state index contributed by atoms with van der Waals surface area (Å²) in [7, 11) is 0. The van der Waals surface area contributed by atoms with Gasteiger partial charge < -0.3 is 9.88 Å². The lowest BCUT2D eigenvalue weighted by atomic mass is 10.1. The van der Waals surface area contributed by atoms with Gasteiger partial charge in [0.2, 0.25) is 0 Å². The molecule has 1 amide bonds. The van der Waals surface area contributed by atoms with Crippen molar-refractivity contribution in [2.75, 3.05) is 5.75 Å². The molecule has 0 bridgehead atoms. The molecule has 0 saturated carbocycles. The van der Waals surface area contributed by atoms with Gasteiger partial charge in [-0.1, -0.05) is 59.8 Å². The molecule has 6 nitrogen and oxygen atoms in total. The molecule has 1 N–H and O–H groups in total. The predicted molar refractivity (Wildman–Crippen MR) is 110 cm³/mol. The number of ketones is 1. The zero-order chi connectivity index (χ0) is 19.9. The number of benzene rings is 2. The number of carbonyl (C=O) groups excluding carboxylic acids is 2. The molecule has 0 aliphatic rings. The molecule has 7 heteroatoms. The van der Waals surface area contributed by atoms with E-state index in [2.05, 4.69) is 15.5 Å². The SMILES string of the molecule is CCn1c(CNC(=O)c2ccc(C)cc2)nnc1SCC(=O)c1ccccc1. The van der Waals surface area contributed by atoms with E-state index in [-0.39, 0.29) is 24.0 Å². The molecule has 0 fully saturated rings. The predicted octanol–water partition coefficient (Wildman–Crippen LogP) is 3.51. The van der Waals surface area contributed by atoms with Crippen molar-refractivity contribution >= 4 is 23.5 Å². The summed E-state index contributed by atoms with van der Waals surface area (Å²) in [5, 5.41) is 11.9. The molecule has 0 aliphatic carbocycles. The van der Waals surface area contributed by atoms with Crippen molar-refractivity contribution in [2.24, 2.45) is 0 Å². The zero-order valence-electron chi connectivity index (χ0n) is 15.9. The van der Waals surface area contributed by atoms with Gasteiger partial charge in [0.15, 0.2) is 16.8 Å². The number of nitrogens with zero attached hydrogens (tertiary/aromatic N) is 3. The maximum Gasteiger partial charge on any atom is 0.251 e. The fraction of sp³-hybridized carbons (Fsp3) is 0.238. The minimum atomic E-state index is -0.154. The van der Waals surface area contributed by atoms with Crippen molar-refractivity contribution in [1.29, 1.82) is 0 Å². The van der Waals surface area contributed by atoms with Crippen LogP contribution >= 0.6 is 11.8 Å². The third-order valence-electron chi connectivity index (χ3n) is 4.26. The zero-order valence-corrected chi connectivity index (χ0v) is 16.7. The Kier molecular flexibility index (Phi) is 6.60. The lowest BCUT2D eigenvalue weighted by molar-refractivity contribution is 0.0948. The van der Waals surface area contributed by atoms with Crippen LogP contribution in [-0.2, 0) is 13.1 Å². The van der Waals surface area contributed by atoms with Crippen molar-refractivity contribution in [3.63, 3.8) is 0 Å². The van der Waals surface area contributed by atoms with E-state index >= 15 is 0 Å². The van der Waals surface area contributed by atoms with Crippen LogP contribution in [0.5, 0.6) is 0 Å². The summed E-state index contributed by atoms with van der Waals surface area (Å²) in [5.74, 6) is 0.847. The maximum absolute atomic E-state index is 12.3. The minimum Gasteiger partial charge on any atom is -0.345 e. The summed E-state index contributed by atoms with van der Waals surface area (Å²) in [6.45, 7) is 4.90. The maximum atomic E-state index is 12.3.